The average molecular weight is 412 g/mol. The molecule has 29 heavy (non-hydrogen) atoms. The van der Waals surface area contributed by atoms with Crippen molar-refractivity contribution in [1.29, 1.82) is 5.26 Å². The van der Waals surface area contributed by atoms with Crippen LogP contribution in [-0.4, -0.2) is 14.3 Å². The summed E-state index contributed by atoms with van der Waals surface area (Å²) in [5.74, 6) is -0.665. The van der Waals surface area contributed by atoms with E-state index in [1.54, 1.807) is 6.26 Å². The molecule has 0 unspecified atom stereocenters. The first-order valence-corrected chi connectivity index (χ1v) is 10.4. The van der Waals surface area contributed by atoms with Gasteiger partial charge in [0.15, 0.2) is 0 Å². The lowest BCUT2D eigenvalue weighted by atomic mass is 10.0. The molecule has 150 valence electrons. The Kier molecular flexibility index (Phi) is 5.87. The van der Waals surface area contributed by atoms with Crippen LogP contribution >= 0.6 is 0 Å². The maximum atomic E-state index is 12.3. The lowest BCUT2D eigenvalue weighted by Gasteiger charge is -2.11. The average Bonchev–Trinajstić information content (AvgIpc) is 3.06. The Labute approximate surface area is 168 Å². The number of carbonyl (C=O) groups is 1. The molecule has 0 atom stereocenters. The summed E-state index contributed by atoms with van der Waals surface area (Å²) < 4.78 is 31.7. The van der Waals surface area contributed by atoms with Crippen molar-refractivity contribution in [3.05, 3.63) is 64.9 Å². The number of nitriles is 1. The molecule has 0 spiro atoms. The number of nitrogens with one attached hydrogen (secondary N) is 3. The van der Waals surface area contributed by atoms with E-state index in [1.807, 2.05) is 36.8 Å². The van der Waals surface area contributed by atoms with Crippen LogP contribution in [0, 0.1) is 18.3 Å². The number of furan rings is 1. The fraction of sp³-hybridized carbons (Fsp3) is 0.200. The highest BCUT2D eigenvalue weighted by Gasteiger charge is 2.16. The van der Waals surface area contributed by atoms with Crippen molar-refractivity contribution in [3.63, 3.8) is 0 Å². The van der Waals surface area contributed by atoms with E-state index in [4.69, 9.17) is 9.68 Å². The maximum Gasteiger partial charge on any atom is 0.318 e. The Morgan fingerprint density at radius 1 is 1.21 bits per heavy atom. The summed E-state index contributed by atoms with van der Waals surface area (Å²) in [5.41, 5.74) is 6.75. The molecular formula is C20H20N4O4S. The molecule has 0 aliphatic carbocycles. The highest BCUT2D eigenvalue weighted by Crippen LogP contribution is 2.26. The van der Waals surface area contributed by atoms with Gasteiger partial charge < -0.3 is 9.84 Å². The zero-order chi connectivity index (χ0) is 21.0. The Bertz CT molecular complexity index is 1190. The van der Waals surface area contributed by atoms with E-state index >= 15 is 0 Å². The van der Waals surface area contributed by atoms with Crippen molar-refractivity contribution in [2.45, 2.75) is 26.7 Å². The number of anilines is 1. The first kappa shape index (κ1) is 20.4. The molecule has 0 aliphatic rings. The van der Waals surface area contributed by atoms with Crippen molar-refractivity contribution in [2.24, 2.45) is 0 Å². The summed E-state index contributed by atoms with van der Waals surface area (Å²) in [4.78, 5) is 14.3. The monoisotopic (exact) mass is 412 g/mol. The summed E-state index contributed by atoms with van der Waals surface area (Å²) in [7, 11) is -4.11. The molecule has 0 saturated carbocycles. The fourth-order valence-electron chi connectivity index (χ4n) is 2.91. The topological polar surface area (TPSA) is 124 Å². The molecule has 0 fully saturated rings. The molecule has 1 heterocycles. The standard InChI is InChI=1S/C20H20N4O4S/c1-3-16-8-15(9-18-13(2)12-28-20(16)18)10-19(25)23-29(26,27)24-22-17-6-4-14(11-21)5-7-17/h4-9,12,22,24H,3,10H2,1-2H3,(H,23,25). The Hall–Kier alpha value is -3.35. The number of benzene rings is 2. The second kappa shape index (κ2) is 8.34. The maximum absolute atomic E-state index is 12.3. The summed E-state index contributed by atoms with van der Waals surface area (Å²) in [6, 6.07) is 11.8. The van der Waals surface area contributed by atoms with Gasteiger partial charge in [0.05, 0.1) is 24.3 Å². The summed E-state index contributed by atoms with van der Waals surface area (Å²) in [6.07, 6.45) is 2.30. The first-order chi connectivity index (χ1) is 13.8. The van der Waals surface area contributed by atoms with E-state index in [9.17, 15) is 13.2 Å². The fourth-order valence-corrected chi connectivity index (χ4v) is 3.59. The van der Waals surface area contributed by atoms with Crippen LogP contribution in [0.3, 0.4) is 0 Å². The van der Waals surface area contributed by atoms with Gasteiger partial charge >= 0.3 is 10.2 Å². The molecule has 3 N–H and O–H groups in total. The number of hydrogen-bond acceptors (Lipinski definition) is 6. The third-order valence-corrected chi connectivity index (χ3v) is 5.21. The molecule has 3 aromatic rings. The lowest BCUT2D eigenvalue weighted by Crippen LogP contribution is -2.43. The number of nitrogens with zero attached hydrogens (tertiary/aromatic N) is 1. The van der Waals surface area contributed by atoms with Gasteiger partial charge in [-0.1, -0.05) is 13.0 Å². The summed E-state index contributed by atoms with van der Waals surface area (Å²) in [5, 5.41) is 9.68. The van der Waals surface area contributed by atoms with Gasteiger partial charge in [-0.15, -0.1) is 4.83 Å². The van der Waals surface area contributed by atoms with E-state index < -0.39 is 16.1 Å². The lowest BCUT2D eigenvalue weighted by molar-refractivity contribution is -0.118. The van der Waals surface area contributed by atoms with Crippen LogP contribution in [0.2, 0.25) is 0 Å². The largest absolute Gasteiger partial charge is 0.464 e. The predicted octanol–water partition coefficient (Wildman–Crippen LogP) is 2.70. The van der Waals surface area contributed by atoms with Gasteiger partial charge in [-0.05, 0) is 60.4 Å². The van der Waals surface area contributed by atoms with Gasteiger partial charge in [0, 0.05) is 11.1 Å². The van der Waals surface area contributed by atoms with Crippen LogP contribution in [0.15, 0.2) is 47.1 Å². The van der Waals surface area contributed by atoms with Gasteiger partial charge in [-0.3, -0.25) is 4.79 Å². The van der Waals surface area contributed by atoms with Crippen LogP contribution in [-0.2, 0) is 27.8 Å². The van der Waals surface area contributed by atoms with Crippen LogP contribution in [0.5, 0.6) is 0 Å². The van der Waals surface area contributed by atoms with Gasteiger partial charge in [-0.25, -0.2) is 4.72 Å². The van der Waals surface area contributed by atoms with E-state index in [0.717, 1.165) is 28.5 Å². The minimum Gasteiger partial charge on any atom is -0.464 e. The quantitative estimate of drug-likeness (QED) is 0.513. The second-order valence-electron chi connectivity index (χ2n) is 6.53. The highest BCUT2D eigenvalue weighted by atomic mass is 32.2. The van der Waals surface area contributed by atoms with E-state index in [2.05, 4.69) is 10.3 Å². The second-order valence-corrected chi connectivity index (χ2v) is 7.94. The van der Waals surface area contributed by atoms with Crippen molar-refractivity contribution in [2.75, 3.05) is 5.43 Å². The van der Waals surface area contributed by atoms with Gasteiger partial charge in [0.25, 0.3) is 0 Å². The smallest absolute Gasteiger partial charge is 0.318 e. The zero-order valence-electron chi connectivity index (χ0n) is 15.9. The molecule has 2 aromatic carbocycles. The minimum atomic E-state index is -4.11. The van der Waals surface area contributed by atoms with Gasteiger partial charge in [0.1, 0.15) is 5.58 Å². The Morgan fingerprint density at radius 3 is 2.59 bits per heavy atom. The molecule has 1 amide bonds. The normalized spacial score (nSPS) is 11.2. The number of hydrazine groups is 1. The van der Waals surface area contributed by atoms with E-state index in [1.165, 1.54) is 24.3 Å². The number of amides is 1. The number of aryl methyl sites for hydroxylation is 2. The Balaban J connectivity index is 1.65. The molecule has 0 radical (unpaired) electrons. The van der Waals surface area contributed by atoms with E-state index in [-0.39, 0.29) is 6.42 Å². The van der Waals surface area contributed by atoms with Crippen molar-refractivity contribution < 1.29 is 17.6 Å². The Morgan fingerprint density at radius 2 is 1.93 bits per heavy atom. The van der Waals surface area contributed by atoms with Crippen molar-refractivity contribution >= 4 is 32.8 Å². The zero-order valence-corrected chi connectivity index (χ0v) is 16.8. The minimum absolute atomic E-state index is 0.0919. The molecule has 9 heteroatoms. The van der Waals surface area contributed by atoms with Crippen LogP contribution in [0.25, 0.3) is 11.0 Å². The van der Waals surface area contributed by atoms with Crippen molar-refractivity contribution in [3.8, 4) is 6.07 Å². The van der Waals surface area contributed by atoms with E-state index in [0.29, 0.717) is 16.8 Å². The number of rotatable bonds is 7. The summed E-state index contributed by atoms with van der Waals surface area (Å²) >= 11 is 0. The predicted molar refractivity (Wildman–Crippen MR) is 109 cm³/mol. The molecule has 0 bridgehead atoms. The SMILES string of the molecule is CCc1cc(CC(=O)NS(=O)(=O)NNc2ccc(C#N)cc2)cc2c(C)coc12. The number of carbonyl (C=O) groups excluding carboxylic acids is 1. The number of fused-ring (bicyclic) bond motifs is 1. The third kappa shape index (κ3) is 4.93. The van der Waals surface area contributed by atoms with Gasteiger partial charge in [-0.2, -0.15) is 13.7 Å². The molecule has 0 saturated heterocycles. The number of hydrogen-bond donors (Lipinski definition) is 3. The molecule has 8 nitrogen and oxygen atoms in total. The van der Waals surface area contributed by atoms with Crippen molar-refractivity contribution in [1.82, 2.24) is 9.55 Å². The molecule has 3 rings (SSSR count). The first-order valence-electron chi connectivity index (χ1n) is 8.89. The van der Waals surface area contributed by atoms with Gasteiger partial charge in [0.2, 0.25) is 5.91 Å². The van der Waals surface area contributed by atoms with Crippen LogP contribution in [0.1, 0.15) is 29.2 Å². The molecule has 0 aliphatic heterocycles. The van der Waals surface area contributed by atoms with Crippen LogP contribution < -0.4 is 15.0 Å². The molecule has 1 aromatic heterocycles. The van der Waals surface area contributed by atoms with Crippen LogP contribution in [0.4, 0.5) is 5.69 Å². The molecular weight excluding hydrogens is 392 g/mol. The highest BCUT2D eigenvalue weighted by molar-refractivity contribution is 7.88. The summed E-state index contributed by atoms with van der Waals surface area (Å²) in [6.45, 7) is 3.90. The third-order valence-electron chi connectivity index (χ3n) is 4.34.